The van der Waals surface area contributed by atoms with E-state index in [2.05, 4.69) is 6.07 Å². The van der Waals surface area contributed by atoms with E-state index < -0.39 is 0 Å². The number of carbonyl (C=O) groups excluding carboxylic acids is 2. The Morgan fingerprint density at radius 1 is 1.21 bits per heavy atom. The number of rotatable bonds is 4. The monoisotopic (exact) mass is 350 g/mol. The molecule has 132 valence electrons. The van der Waals surface area contributed by atoms with Crippen molar-refractivity contribution in [1.29, 1.82) is 0 Å². The summed E-state index contributed by atoms with van der Waals surface area (Å²) < 4.78 is 5.31. The van der Waals surface area contributed by atoms with E-state index >= 15 is 0 Å². The highest BCUT2D eigenvalue weighted by molar-refractivity contribution is 7.12. The van der Waals surface area contributed by atoms with Crippen molar-refractivity contribution >= 4 is 23.3 Å². The van der Waals surface area contributed by atoms with E-state index in [1.165, 1.54) is 18.4 Å². The Morgan fingerprint density at radius 3 is 2.62 bits per heavy atom. The van der Waals surface area contributed by atoms with E-state index in [1.807, 2.05) is 24.1 Å². The summed E-state index contributed by atoms with van der Waals surface area (Å²) in [6.45, 7) is 6.97. The van der Waals surface area contributed by atoms with Crippen LogP contribution >= 0.6 is 11.3 Å². The normalized spacial score (nSPS) is 18.6. The first-order valence-electron chi connectivity index (χ1n) is 8.84. The number of hydrogen-bond donors (Lipinski definition) is 0. The number of amides is 2. The van der Waals surface area contributed by atoms with Crippen LogP contribution in [-0.4, -0.2) is 54.6 Å². The summed E-state index contributed by atoms with van der Waals surface area (Å²) in [7, 11) is 0. The molecule has 0 aromatic carbocycles. The van der Waals surface area contributed by atoms with Gasteiger partial charge in [-0.3, -0.25) is 4.79 Å². The zero-order chi connectivity index (χ0) is 17.1. The Hall–Kier alpha value is -1.56. The first-order valence-corrected chi connectivity index (χ1v) is 9.72. The third kappa shape index (κ3) is 4.09. The lowest BCUT2D eigenvalue weighted by molar-refractivity contribution is 0.0750. The van der Waals surface area contributed by atoms with E-state index in [9.17, 15) is 9.59 Å². The molecule has 0 N–H and O–H groups in total. The van der Waals surface area contributed by atoms with Crippen molar-refractivity contribution in [2.75, 3.05) is 32.8 Å². The van der Waals surface area contributed by atoms with Crippen molar-refractivity contribution in [2.45, 2.75) is 39.0 Å². The molecule has 2 heterocycles. The lowest BCUT2D eigenvalue weighted by Crippen LogP contribution is -2.37. The van der Waals surface area contributed by atoms with Gasteiger partial charge in [-0.05, 0) is 48.1 Å². The van der Waals surface area contributed by atoms with E-state index in [1.54, 1.807) is 16.2 Å². The molecule has 1 aromatic rings. The Morgan fingerprint density at radius 2 is 1.92 bits per heavy atom. The molecular formula is C18H26N2O3S. The van der Waals surface area contributed by atoms with Crippen molar-refractivity contribution in [1.82, 2.24) is 9.80 Å². The van der Waals surface area contributed by atoms with Crippen molar-refractivity contribution < 1.29 is 14.3 Å². The smallest absolute Gasteiger partial charge is 0.409 e. The molecule has 1 saturated heterocycles. The van der Waals surface area contributed by atoms with Gasteiger partial charge in [0.2, 0.25) is 0 Å². The van der Waals surface area contributed by atoms with E-state index in [-0.39, 0.29) is 12.0 Å². The highest BCUT2D eigenvalue weighted by Gasteiger charge is 2.31. The van der Waals surface area contributed by atoms with Crippen LogP contribution in [0.4, 0.5) is 4.79 Å². The van der Waals surface area contributed by atoms with Crippen molar-refractivity contribution in [3.8, 4) is 0 Å². The van der Waals surface area contributed by atoms with Gasteiger partial charge in [0.25, 0.3) is 5.91 Å². The van der Waals surface area contributed by atoms with Gasteiger partial charge in [-0.1, -0.05) is 13.8 Å². The Bertz CT molecular complexity index is 595. The Labute approximate surface area is 147 Å². The van der Waals surface area contributed by atoms with E-state index in [0.29, 0.717) is 44.6 Å². The number of thiophene rings is 1. The van der Waals surface area contributed by atoms with Gasteiger partial charge in [-0.25, -0.2) is 4.79 Å². The molecule has 0 atom stereocenters. The first-order chi connectivity index (χ1) is 11.6. The zero-order valence-corrected chi connectivity index (χ0v) is 15.3. The van der Waals surface area contributed by atoms with E-state index in [0.717, 1.165) is 11.3 Å². The molecular weight excluding hydrogens is 324 g/mol. The molecule has 1 aliphatic carbocycles. The predicted octanol–water partition coefficient (Wildman–Crippen LogP) is 3.57. The van der Waals surface area contributed by atoms with Gasteiger partial charge in [0.1, 0.15) is 0 Å². The molecule has 0 radical (unpaired) electrons. The summed E-state index contributed by atoms with van der Waals surface area (Å²) in [5.41, 5.74) is 1.22. The van der Waals surface area contributed by atoms with Crippen molar-refractivity contribution in [3.63, 3.8) is 0 Å². The minimum atomic E-state index is -0.257. The molecule has 1 saturated carbocycles. The minimum Gasteiger partial charge on any atom is -0.449 e. The lowest BCUT2D eigenvalue weighted by atomic mass is 10.1. The van der Waals surface area contributed by atoms with Crippen LogP contribution in [0, 0.1) is 5.92 Å². The number of hydrogen-bond acceptors (Lipinski definition) is 4. The fourth-order valence-electron chi connectivity index (χ4n) is 2.98. The van der Waals surface area contributed by atoms with Crippen LogP contribution in [0.15, 0.2) is 11.4 Å². The number of carbonyl (C=O) groups is 2. The molecule has 2 fully saturated rings. The number of ether oxygens (including phenoxy) is 1. The molecule has 2 amide bonds. The van der Waals surface area contributed by atoms with Crippen LogP contribution in [0.5, 0.6) is 0 Å². The number of nitrogens with zero attached hydrogens (tertiary/aromatic N) is 2. The third-order valence-electron chi connectivity index (χ3n) is 4.49. The average Bonchev–Trinajstić information content (AvgIpc) is 3.34. The highest BCUT2D eigenvalue weighted by atomic mass is 32.1. The quantitative estimate of drug-likeness (QED) is 0.834. The van der Waals surface area contributed by atoms with Crippen molar-refractivity contribution in [3.05, 3.63) is 21.9 Å². The van der Waals surface area contributed by atoms with Crippen molar-refractivity contribution in [2.24, 2.45) is 5.92 Å². The zero-order valence-electron chi connectivity index (χ0n) is 14.5. The van der Waals surface area contributed by atoms with Crippen LogP contribution in [0.25, 0.3) is 0 Å². The maximum atomic E-state index is 12.9. The molecule has 1 aliphatic heterocycles. The van der Waals surface area contributed by atoms with Crippen LogP contribution in [0.1, 0.15) is 54.3 Å². The Kier molecular flexibility index (Phi) is 5.43. The molecule has 3 rings (SSSR count). The minimum absolute atomic E-state index is 0.129. The lowest BCUT2D eigenvalue weighted by Gasteiger charge is -2.22. The summed E-state index contributed by atoms with van der Waals surface area (Å²) in [6, 6.07) is 2.10. The second-order valence-corrected chi connectivity index (χ2v) is 8.00. The van der Waals surface area contributed by atoms with Gasteiger partial charge in [0, 0.05) is 26.2 Å². The fourth-order valence-corrected chi connectivity index (χ4v) is 3.94. The molecule has 1 aromatic heterocycles. The summed E-state index contributed by atoms with van der Waals surface area (Å²) in [4.78, 5) is 29.5. The molecule has 5 nitrogen and oxygen atoms in total. The molecule has 0 spiro atoms. The van der Waals surface area contributed by atoms with Gasteiger partial charge >= 0.3 is 6.09 Å². The summed E-state index contributed by atoms with van der Waals surface area (Å²) in [5, 5.41) is 2.02. The van der Waals surface area contributed by atoms with Gasteiger partial charge in [0.15, 0.2) is 0 Å². The Balaban J connectivity index is 1.57. The van der Waals surface area contributed by atoms with Gasteiger partial charge in [-0.15, -0.1) is 11.3 Å². The third-order valence-corrected chi connectivity index (χ3v) is 5.41. The van der Waals surface area contributed by atoms with E-state index in [4.69, 9.17) is 4.74 Å². The molecule has 2 aliphatic rings. The van der Waals surface area contributed by atoms with Gasteiger partial charge in [-0.2, -0.15) is 0 Å². The van der Waals surface area contributed by atoms with Crippen LogP contribution in [-0.2, 0) is 4.74 Å². The molecule has 6 heteroatoms. The molecule has 0 bridgehead atoms. The topological polar surface area (TPSA) is 49.9 Å². The summed E-state index contributed by atoms with van der Waals surface area (Å²) >= 11 is 1.55. The van der Waals surface area contributed by atoms with Crippen LogP contribution in [0.3, 0.4) is 0 Å². The SMILES string of the molecule is CC(C)COC(=O)N1CCCN(C(=O)c2sccc2C2CC2)CC1. The van der Waals surface area contributed by atoms with Crippen LogP contribution in [0.2, 0.25) is 0 Å². The molecule has 0 unspecified atom stereocenters. The molecule has 24 heavy (non-hydrogen) atoms. The first kappa shape index (κ1) is 17.3. The largest absolute Gasteiger partial charge is 0.449 e. The van der Waals surface area contributed by atoms with Crippen LogP contribution < -0.4 is 0 Å². The maximum absolute atomic E-state index is 12.9. The summed E-state index contributed by atoms with van der Waals surface area (Å²) in [6.07, 6.45) is 2.94. The summed E-state index contributed by atoms with van der Waals surface area (Å²) in [5.74, 6) is 1.05. The van der Waals surface area contributed by atoms with Gasteiger partial charge < -0.3 is 14.5 Å². The highest BCUT2D eigenvalue weighted by Crippen LogP contribution is 2.43. The van der Waals surface area contributed by atoms with Gasteiger partial charge in [0.05, 0.1) is 11.5 Å². The fraction of sp³-hybridized carbons (Fsp3) is 0.667. The standard InChI is InChI=1S/C18H26N2O3S/c1-13(2)12-23-18(22)20-8-3-7-19(9-10-20)17(21)16-15(6-11-24-16)14-4-5-14/h6,11,13-14H,3-5,7-10,12H2,1-2H3. The maximum Gasteiger partial charge on any atom is 0.409 e. The second kappa shape index (κ2) is 7.55. The predicted molar refractivity (Wildman–Crippen MR) is 94.6 cm³/mol. The average molecular weight is 350 g/mol. The second-order valence-electron chi connectivity index (χ2n) is 7.08.